The number of nitrogens with one attached hydrogen (secondary N) is 1. The monoisotopic (exact) mass is 273 g/mol. The molecule has 1 aliphatic rings. The van der Waals surface area contributed by atoms with Gasteiger partial charge in [-0.1, -0.05) is 0 Å². The number of aryl methyl sites for hydroxylation is 2. The van der Waals surface area contributed by atoms with Crippen molar-refractivity contribution in [1.29, 1.82) is 0 Å². The molecule has 3 heterocycles. The van der Waals surface area contributed by atoms with Crippen molar-refractivity contribution >= 4 is 16.9 Å². The van der Waals surface area contributed by atoms with Crippen molar-refractivity contribution in [2.75, 3.05) is 19.6 Å². The largest absolute Gasteiger partial charge is 0.336 e. The third-order valence-electron chi connectivity index (χ3n) is 3.72. The van der Waals surface area contributed by atoms with Crippen LogP contribution in [0, 0.1) is 6.92 Å². The van der Waals surface area contributed by atoms with Crippen molar-refractivity contribution in [3.8, 4) is 0 Å². The minimum absolute atomic E-state index is 0.0712. The van der Waals surface area contributed by atoms with Crippen LogP contribution in [-0.4, -0.2) is 51.2 Å². The van der Waals surface area contributed by atoms with Crippen molar-refractivity contribution in [3.63, 3.8) is 0 Å². The average Bonchev–Trinajstić information content (AvgIpc) is 2.79. The Morgan fingerprint density at radius 2 is 2.30 bits per heavy atom. The molecule has 1 atom stereocenters. The molecule has 0 saturated carbocycles. The van der Waals surface area contributed by atoms with E-state index < -0.39 is 0 Å². The van der Waals surface area contributed by atoms with E-state index in [0.717, 1.165) is 36.4 Å². The zero-order valence-corrected chi connectivity index (χ0v) is 12.1. The first-order chi connectivity index (χ1) is 9.56. The number of hydrogen-bond acceptors (Lipinski definition) is 4. The molecular formula is C14H19N5O. The Bertz CT molecular complexity index is 663. The van der Waals surface area contributed by atoms with Crippen LogP contribution in [0.2, 0.25) is 0 Å². The predicted molar refractivity (Wildman–Crippen MR) is 76.6 cm³/mol. The first-order valence-electron chi connectivity index (χ1n) is 6.88. The number of rotatable bonds is 1. The maximum atomic E-state index is 12.8. The van der Waals surface area contributed by atoms with Crippen molar-refractivity contribution in [2.24, 2.45) is 7.05 Å². The molecule has 2 aromatic rings. The smallest absolute Gasteiger partial charge is 0.254 e. The van der Waals surface area contributed by atoms with Crippen LogP contribution in [-0.2, 0) is 7.05 Å². The van der Waals surface area contributed by atoms with Gasteiger partial charge in [0, 0.05) is 38.4 Å². The first-order valence-corrected chi connectivity index (χ1v) is 6.88. The number of carbonyl (C=O) groups excluding carboxylic acids is 1. The summed E-state index contributed by atoms with van der Waals surface area (Å²) in [6.45, 7) is 6.32. The molecule has 106 valence electrons. The molecule has 0 aromatic carbocycles. The van der Waals surface area contributed by atoms with E-state index in [0.29, 0.717) is 11.6 Å². The van der Waals surface area contributed by atoms with Gasteiger partial charge < -0.3 is 10.2 Å². The molecular weight excluding hydrogens is 254 g/mol. The van der Waals surface area contributed by atoms with Crippen LogP contribution >= 0.6 is 0 Å². The summed E-state index contributed by atoms with van der Waals surface area (Å²) < 4.78 is 1.71. The van der Waals surface area contributed by atoms with Gasteiger partial charge in [0.1, 0.15) is 0 Å². The molecule has 0 radical (unpaired) electrons. The van der Waals surface area contributed by atoms with E-state index in [2.05, 4.69) is 22.3 Å². The lowest BCUT2D eigenvalue weighted by Gasteiger charge is -2.32. The Hall–Kier alpha value is -1.95. The van der Waals surface area contributed by atoms with Gasteiger partial charge in [0.25, 0.3) is 5.91 Å². The van der Waals surface area contributed by atoms with Gasteiger partial charge in [-0.3, -0.25) is 9.48 Å². The van der Waals surface area contributed by atoms with E-state index in [9.17, 15) is 4.79 Å². The average molecular weight is 273 g/mol. The van der Waals surface area contributed by atoms with Crippen LogP contribution in [0.25, 0.3) is 11.0 Å². The van der Waals surface area contributed by atoms with Crippen LogP contribution in [0.3, 0.4) is 0 Å². The Morgan fingerprint density at radius 1 is 1.50 bits per heavy atom. The minimum atomic E-state index is 0.0712. The van der Waals surface area contributed by atoms with Gasteiger partial charge in [-0.15, -0.1) is 0 Å². The topological polar surface area (TPSA) is 63.1 Å². The number of aromatic nitrogens is 3. The van der Waals surface area contributed by atoms with Crippen molar-refractivity contribution < 1.29 is 4.79 Å². The highest BCUT2D eigenvalue weighted by atomic mass is 16.2. The van der Waals surface area contributed by atoms with E-state index in [1.807, 2.05) is 24.9 Å². The second kappa shape index (κ2) is 4.86. The van der Waals surface area contributed by atoms with Crippen LogP contribution in [0.4, 0.5) is 0 Å². The summed E-state index contributed by atoms with van der Waals surface area (Å²) in [4.78, 5) is 19.1. The maximum absolute atomic E-state index is 12.8. The lowest BCUT2D eigenvalue weighted by atomic mass is 10.1. The maximum Gasteiger partial charge on any atom is 0.254 e. The summed E-state index contributed by atoms with van der Waals surface area (Å²) in [5.74, 6) is 0.0712. The summed E-state index contributed by atoms with van der Waals surface area (Å²) >= 11 is 0. The molecule has 0 spiro atoms. The van der Waals surface area contributed by atoms with Gasteiger partial charge in [-0.05, 0) is 19.9 Å². The lowest BCUT2D eigenvalue weighted by molar-refractivity contribution is 0.0711. The number of pyridine rings is 1. The highest BCUT2D eigenvalue weighted by Crippen LogP contribution is 2.20. The third-order valence-corrected chi connectivity index (χ3v) is 3.72. The van der Waals surface area contributed by atoms with Gasteiger partial charge in [0.05, 0.1) is 17.1 Å². The van der Waals surface area contributed by atoms with Gasteiger partial charge in [-0.2, -0.15) is 5.10 Å². The molecule has 1 fully saturated rings. The Morgan fingerprint density at radius 3 is 3.05 bits per heavy atom. The number of hydrogen-bond donors (Lipinski definition) is 1. The predicted octanol–water partition coefficient (Wildman–Crippen LogP) is 0.711. The summed E-state index contributed by atoms with van der Waals surface area (Å²) in [6.07, 6.45) is 1.72. The lowest BCUT2D eigenvalue weighted by Crippen LogP contribution is -2.51. The molecule has 1 amide bonds. The Balaban J connectivity index is 2.02. The van der Waals surface area contributed by atoms with E-state index in [-0.39, 0.29) is 5.91 Å². The fraction of sp³-hybridized carbons (Fsp3) is 0.500. The number of nitrogens with zero attached hydrogens (tertiary/aromatic N) is 4. The molecule has 0 unspecified atom stereocenters. The summed E-state index contributed by atoms with van der Waals surface area (Å²) in [5.41, 5.74) is 2.30. The SMILES string of the molecule is Cc1cc(C(=O)N2CCN[C@@H](C)C2)c2cnn(C)c2n1. The molecule has 6 nitrogen and oxygen atoms in total. The molecule has 1 saturated heterocycles. The molecule has 20 heavy (non-hydrogen) atoms. The normalized spacial score (nSPS) is 19.6. The Labute approximate surface area is 117 Å². The van der Waals surface area contributed by atoms with Crippen LogP contribution in [0.1, 0.15) is 23.0 Å². The van der Waals surface area contributed by atoms with E-state index >= 15 is 0 Å². The van der Waals surface area contributed by atoms with Crippen LogP contribution < -0.4 is 5.32 Å². The summed E-state index contributed by atoms with van der Waals surface area (Å²) in [7, 11) is 1.84. The van der Waals surface area contributed by atoms with Crippen LogP contribution in [0.15, 0.2) is 12.3 Å². The highest BCUT2D eigenvalue weighted by molar-refractivity contribution is 6.05. The zero-order valence-electron chi connectivity index (χ0n) is 12.1. The number of fused-ring (bicyclic) bond motifs is 1. The van der Waals surface area contributed by atoms with Gasteiger partial charge in [0.15, 0.2) is 5.65 Å². The summed E-state index contributed by atoms with van der Waals surface area (Å²) in [6, 6.07) is 2.19. The molecule has 6 heteroatoms. The van der Waals surface area contributed by atoms with Crippen molar-refractivity contribution in [2.45, 2.75) is 19.9 Å². The van der Waals surface area contributed by atoms with Crippen LogP contribution in [0.5, 0.6) is 0 Å². The fourth-order valence-corrected chi connectivity index (χ4v) is 2.70. The van der Waals surface area contributed by atoms with E-state index in [1.54, 1.807) is 10.9 Å². The van der Waals surface area contributed by atoms with E-state index in [4.69, 9.17) is 0 Å². The molecule has 0 bridgehead atoms. The minimum Gasteiger partial charge on any atom is -0.336 e. The van der Waals surface area contributed by atoms with Crippen molar-refractivity contribution in [3.05, 3.63) is 23.5 Å². The van der Waals surface area contributed by atoms with E-state index in [1.165, 1.54) is 0 Å². The highest BCUT2D eigenvalue weighted by Gasteiger charge is 2.24. The molecule has 2 aromatic heterocycles. The number of piperazine rings is 1. The standard InChI is InChI=1S/C14H19N5O/c1-9-6-11(12-7-16-18(3)13(12)17-9)14(20)19-5-4-15-10(2)8-19/h6-7,10,15H,4-5,8H2,1-3H3/t10-/m0/s1. The molecule has 1 aliphatic heterocycles. The van der Waals surface area contributed by atoms with Gasteiger partial charge >= 0.3 is 0 Å². The first kappa shape index (κ1) is 13.1. The molecule has 3 rings (SSSR count). The quantitative estimate of drug-likeness (QED) is 0.831. The van der Waals surface area contributed by atoms with Crippen molar-refractivity contribution in [1.82, 2.24) is 25.0 Å². The molecule has 0 aliphatic carbocycles. The summed E-state index contributed by atoms with van der Waals surface area (Å²) in [5, 5.41) is 8.39. The third kappa shape index (κ3) is 2.16. The Kier molecular flexibility index (Phi) is 3.17. The fourth-order valence-electron chi connectivity index (χ4n) is 2.70. The second-order valence-corrected chi connectivity index (χ2v) is 5.42. The number of amides is 1. The second-order valence-electron chi connectivity index (χ2n) is 5.42. The molecule has 1 N–H and O–H groups in total. The number of carbonyl (C=O) groups is 1. The zero-order chi connectivity index (χ0) is 14.3. The van der Waals surface area contributed by atoms with Gasteiger partial charge in [-0.25, -0.2) is 4.98 Å². The van der Waals surface area contributed by atoms with Gasteiger partial charge in [0.2, 0.25) is 0 Å².